The zero-order chi connectivity index (χ0) is 47.8. The molecule has 0 spiro atoms. The molecule has 0 fully saturated rings. The van der Waals surface area contributed by atoms with Gasteiger partial charge in [-0.25, -0.2) is 37.3 Å². The number of aliphatic carboxylic acids is 2. The largest absolute Gasteiger partial charge is 3.00 e. The van der Waals surface area contributed by atoms with Gasteiger partial charge in [0.05, 0.1) is 16.7 Å². The number of halogens is 4. The van der Waals surface area contributed by atoms with Crippen LogP contribution in [0.4, 0.5) is 0 Å². The van der Waals surface area contributed by atoms with Gasteiger partial charge in [0.2, 0.25) is 0 Å². The first kappa shape index (κ1) is 65.6. The van der Waals surface area contributed by atoms with Crippen LogP contribution in [0, 0.1) is 27.4 Å². The van der Waals surface area contributed by atoms with Gasteiger partial charge in [-0.05, 0) is 80.4 Å². The number of aryl methyl sites for hydroxylation is 1. The van der Waals surface area contributed by atoms with Crippen LogP contribution in [-0.2, 0) is 82.7 Å². The molecule has 0 saturated heterocycles. The molecule has 4 aromatic heterocycles. The van der Waals surface area contributed by atoms with Gasteiger partial charge in [0, 0.05) is 100 Å². The van der Waals surface area contributed by atoms with Crippen LogP contribution in [0.3, 0.4) is 0 Å². The van der Waals surface area contributed by atoms with Crippen LogP contribution >= 0.6 is 23.2 Å². The molecule has 0 atom stereocenters. The normalized spacial score (nSPS) is 10.2. The number of rotatable bonds is 14. The van der Waals surface area contributed by atoms with Crippen molar-refractivity contribution < 1.29 is 117 Å². The molecule has 0 radical (unpaired) electrons. The maximum absolute atomic E-state index is 13.9. The number of alkyl halides is 2. The zero-order valence-electron chi connectivity index (χ0n) is 35.0. The van der Waals surface area contributed by atoms with Gasteiger partial charge in [-0.15, -0.1) is 43.7 Å². The van der Waals surface area contributed by atoms with Gasteiger partial charge in [-0.2, -0.15) is 0 Å². The minimum absolute atomic E-state index is 0. The molecule has 5 aromatic rings. The number of nitrogens with zero attached hydrogens (tertiary/aromatic N) is 6. The van der Waals surface area contributed by atoms with Crippen molar-refractivity contribution in [1.82, 2.24) is 29.7 Å². The molecule has 0 unspecified atom stereocenters. The van der Waals surface area contributed by atoms with Crippen LogP contribution in [0.1, 0.15) is 53.3 Å². The molecular formula is C40H45Cl4Mn2N6O13+. The van der Waals surface area contributed by atoms with E-state index in [2.05, 4.69) is 36.7 Å². The molecule has 4 heterocycles. The molecule has 354 valence electrons. The molecular weight excluding hydrogens is 1020 g/mol. The molecule has 5 rings (SSSR count). The summed E-state index contributed by atoms with van der Waals surface area (Å²) in [6, 6.07) is 28.0. The van der Waals surface area contributed by atoms with Crippen molar-refractivity contribution in [3.63, 3.8) is 0 Å². The quantitative estimate of drug-likeness (QED) is 0.0740. The van der Waals surface area contributed by atoms with Crippen LogP contribution in [-0.4, -0.2) is 60.1 Å². The summed E-state index contributed by atoms with van der Waals surface area (Å²) in [5.74, 6) is -2.06. The minimum Gasteiger partial charge on any atom is -0.872 e. The predicted molar refractivity (Wildman–Crippen MR) is 201 cm³/mol. The maximum atomic E-state index is 13.9. The third kappa shape index (κ3) is 41.5. The molecule has 65 heavy (non-hydrogen) atoms. The molecule has 0 aliphatic heterocycles. The molecule has 0 bridgehead atoms. The summed E-state index contributed by atoms with van der Waals surface area (Å²) in [4.78, 5) is 40.5. The Bertz CT molecular complexity index is 1810. The van der Waals surface area contributed by atoms with Gasteiger partial charge in [0.1, 0.15) is 0 Å². The van der Waals surface area contributed by atoms with Crippen molar-refractivity contribution >= 4 is 35.1 Å². The summed E-state index contributed by atoms with van der Waals surface area (Å²) in [5, 5.41) is 31.9. The first-order valence-corrected chi connectivity index (χ1v) is 21.6. The molecule has 1 aromatic carbocycles. The Labute approximate surface area is 412 Å². The van der Waals surface area contributed by atoms with E-state index >= 15 is 0 Å². The Hall–Kier alpha value is -3.64. The number of pyridine rings is 4. The molecule has 25 heteroatoms. The van der Waals surface area contributed by atoms with Crippen molar-refractivity contribution in [3.05, 3.63) is 149 Å². The Balaban J connectivity index is -0.00000140. The number of hydrogen-bond donors (Lipinski definition) is 0. The van der Waals surface area contributed by atoms with E-state index in [4.69, 9.17) is 80.3 Å². The second-order valence-corrected chi connectivity index (χ2v) is 14.8. The van der Waals surface area contributed by atoms with Crippen LogP contribution in [0.5, 0.6) is 5.75 Å². The van der Waals surface area contributed by atoms with Crippen LogP contribution in [0.15, 0.2) is 110 Å². The van der Waals surface area contributed by atoms with Crippen LogP contribution < -0.4 is 52.6 Å². The first-order valence-electron chi connectivity index (χ1n) is 18.0. The van der Waals surface area contributed by atoms with E-state index in [1.54, 1.807) is 0 Å². The number of benzene rings is 1. The Morgan fingerprint density at radius 2 is 0.785 bits per heavy atom. The number of carbonyl (C=O) groups is 2. The topological polar surface area (TPSA) is 346 Å². The Morgan fingerprint density at radius 1 is 0.538 bits per heavy atom. The molecule has 0 saturated carbocycles. The molecule has 0 aliphatic rings. The number of carbonyl (C=O) groups excluding carboxylic acids is 2. The SMILES string of the molecule is CC(=O)[O-].CC(=O)[O-].Cc1cc(CN(CCc2ccccn2)Cc2ccccn2)c([O-])c(CN(CCc2ccccn2)Cc2ccccn2)c1.ClCCl.[Mn+3].[Mn+3].[O-][Cl+3]([O-])([O-])[O-].[O-][Cl+3]([O-])([O-])[O-]. The fraction of sp³-hybridized carbons (Fsp3) is 0.300. The second-order valence-electron chi connectivity index (χ2n) is 12.5. The van der Waals surface area contributed by atoms with Gasteiger partial charge >= 0.3 is 34.1 Å². The van der Waals surface area contributed by atoms with Crippen molar-refractivity contribution in [1.29, 1.82) is 0 Å². The summed E-state index contributed by atoms with van der Waals surface area (Å²) in [5.41, 5.74) is 6.74. The summed E-state index contributed by atoms with van der Waals surface area (Å²) >= 11 is 9.53. The smallest absolute Gasteiger partial charge is 0.872 e. The molecule has 19 nitrogen and oxygen atoms in total. The fourth-order valence-electron chi connectivity index (χ4n) is 5.15. The number of hydrogen-bond acceptors (Lipinski definition) is 19. The van der Waals surface area contributed by atoms with Crippen LogP contribution in [0.2, 0.25) is 0 Å². The van der Waals surface area contributed by atoms with E-state index < -0.39 is 32.4 Å². The van der Waals surface area contributed by atoms with E-state index in [0.29, 0.717) is 26.2 Å². The molecule has 0 amide bonds. The maximum Gasteiger partial charge on any atom is 3.00 e. The number of aromatic nitrogens is 4. The standard InChI is InChI=1S/C35H38N6O.2C2H4O2.CH2Cl2.2ClHO4.2Mn/c1-28-22-29(24-40(26-33-12-4-8-18-38-33)20-14-31-10-2-6-16-36-31)35(42)30(23-28)25-41(27-34-13-5-9-19-39-34)21-15-32-11-3-7-17-37-32;2*1-2(3)4;2-1-3;2*2-1(3,4)5;;/h2-13,16-19,22-23,42H,14-15,20-21,24-27H2,1H3;2*1H3,(H,3,4);1H2;2*(H,2,3,4,5);;/q;;;;;;2*+3/p-5. The zero-order valence-corrected chi connectivity index (χ0v) is 40.4. The second kappa shape index (κ2) is 37.4. The fourth-order valence-corrected chi connectivity index (χ4v) is 5.15. The van der Waals surface area contributed by atoms with Gasteiger partial charge < -0.3 is 24.9 Å². The summed E-state index contributed by atoms with van der Waals surface area (Å²) in [7, 11) is -9.89. The Morgan fingerprint density at radius 3 is 1.02 bits per heavy atom. The van der Waals surface area contributed by atoms with E-state index in [1.165, 1.54) is 0 Å². The van der Waals surface area contributed by atoms with E-state index in [9.17, 15) is 5.11 Å². The third-order valence-electron chi connectivity index (χ3n) is 7.22. The third-order valence-corrected chi connectivity index (χ3v) is 7.22. The first-order chi connectivity index (χ1) is 29.5. The molecule has 0 aliphatic carbocycles. The van der Waals surface area contributed by atoms with Gasteiger partial charge in [0.15, 0.2) is 0 Å². The number of carboxylic acids is 2. The Kier molecular flexibility index (Phi) is 37.8. The van der Waals surface area contributed by atoms with Gasteiger partial charge in [-0.1, -0.05) is 47.7 Å². The average molecular weight is 1070 g/mol. The van der Waals surface area contributed by atoms with Gasteiger partial charge in [0.25, 0.3) is 0 Å². The number of carboxylic acid groups (broad SMARTS) is 2. The summed E-state index contributed by atoms with van der Waals surface area (Å²) in [6.45, 7) is 7.97. The van der Waals surface area contributed by atoms with E-state index in [1.807, 2.05) is 110 Å². The van der Waals surface area contributed by atoms with Crippen LogP contribution in [0.25, 0.3) is 0 Å². The molecule has 0 N–H and O–H groups in total. The monoisotopic (exact) mass is 1070 g/mol. The average Bonchev–Trinajstić information content (AvgIpc) is 3.18. The van der Waals surface area contributed by atoms with Crippen molar-refractivity contribution in [2.75, 3.05) is 18.4 Å². The van der Waals surface area contributed by atoms with Crippen molar-refractivity contribution in [2.45, 2.75) is 59.8 Å². The summed E-state index contributed by atoms with van der Waals surface area (Å²) < 4.78 is 67.9. The van der Waals surface area contributed by atoms with E-state index in [-0.39, 0.29) is 45.2 Å². The van der Waals surface area contributed by atoms with E-state index in [0.717, 1.165) is 79.2 Å². The summed E-state index contributed by atoms with van der Waals surface area (Å²) in [6.07, 6.45) is 8.88. The predicted octanol–water partition coefficient (Wildman–Crippen LogP) is -5.44. The van der Waals surface area contributed by atoms with Gasteiger partial charge in [-0.3, -0.25) is 29.7 Å². The van der Waals surface area contributed by atoms with Crippen molar-refractivity contribution in [2.24, 2.45) is 0 Å². The van der Waals surface area contributed by atoms with Crippen molar-refractivity contribution in [3.8, 4) is 5.75 Å². The minimum atomic E-state index is -4.94.